The molecule has 0 spiro atoms. The molecule has 1 saturated carbocycles. The molecule has 1 unspecified atom stereocenters. The summed E-state index contributed by atoms with van der Waals surface area (Å²) < 4.78 is 2.01. The van der Waals surface area contributed by atoms with E-state index >= 15 is 0 Å². The summed E-state index contributed by atoms with van der Waals surface area (Å²) in [4.78, 5) is 13.7. The number of rotatable bonds is 8. The fourth-order valence-corrected chi connectivity index (χ4v) is 2.48. The molecule has 0 aliphatic heterocycles. The summed E-state index contributed by atoms with van der Waals surface area (Å²) >= 11 is 0. The Kier molecular flexibility index (Phi) is 5.24. The molecule has 1 heterocycles. The van der Waals surface area contributed by atoms with E-state index in [0.717, 1.165) is 25.4 Å². The van der Waals surface area contributed by atoms with Gasteiger partial charge in [0.2, 0.25) is 5.91 Å². The van der Waals surface area contributed by atoms with Crippen LogP contribution in [-0.4, -0.2) is 35.5 Å². The van der Waals surface area contributed by atoms with Crippen LogP contribution in [0.15, 0.2) is 18.5 Å². The third-order valence-electron chi connectivity index (χ3n) is 4.06. The Bertz CT molecular complexity index is 437. The first-order chi connectivity index (χ1) is 9.65. The van der Waals surface area contributed by atoms with Gasteiger partial charge in [-0.25, -0.2) is 0 Å². The molecule has 1 aromatic heterocycles. The quantitative estimate of drug-likeness (QED) is 0.792. The second-order valence-corrected chi connectivity index (χ2v) is 5.79. The van der Waals surface area contributed by atoms with Gasteiger partial charge < -0.3 is 14.8 Å². The highest BCUT2D eigenvalue weighted by Crippen LogP contribution is 2.41. The lowest BCUT2D eigenvalue weighted by Crippen LogP contribution is -2.29. The van der Waals surface area contributed by atoms with Crippen LogP contribution in [0, 0.1) is 5.92 Å². The molecule has 1 N–H and O–H groups in total. The Morgan fingerprint density at radius 3 is 2.85 bits per heavy atom. The molecule has 1 amide bonds. The Balaban J connectivity index is 1.97. The molecule has 4 heteroatoms. The first-order valence-corrected chi connectivity index (χ1v) is 7.78. The second kappa shape index (κ2) is 6.93. The van der Waals surface area contributed by atoms with Crippen molar-refractivity contribution < 1.29 is 4.79 Å². The smallest absolute Gasteiger partial charge is 0.242 e. The number of nitrogens with zero attached hydrogens (tertiary/aromatic N) is 2. The van der Waals surface area contributed by atoms with Crippen LogP contribution in [0.3, 0.4) is 0 Å². The highest BCUT2D eigenvalue weighted by molar-refractivity contribution is 5.75. The van der Waals surface area contributed by atoms with Crippen molar-refractivity contribution >= 4 is 5.91 Å². The maximum Gasteiger partial charge on any atom is 0.242 e. The van der Waals surface area contributed by atoms with Crippen molar-refractivity contribution in [2.75, 3.05) is 20.1 Å². The van der Waals surface area contributed by atoms with Gasteiger partial charge in [0.05, 0.1) is 0 Å². The molecule has 4 nitrogen and oxygen atoms in total. The monoisotopic (exact) mass is 277 g/mol. The van der Waals surface area contributed by atoms with Crippen molar-refractivity contribution in [3.8, 4) is 0 Å². The van der Waals surface area contributed by atoms with Gasteiger partial charge in [0.1, 0.15) is 6.54 Å². The van der Waals surface area contributed by atoms with E-state index in [4.69, 9.17) is 0 Å². The molecule has 1 aliphatic carbocycles. The third-order valence-corrected chi connectivity index (χ3v) is 4.06. The zero-order chi connectivity index (χ0) is 14.5. The van der Waals surface area contributed by atoms with Gasteiger partial charge in [0.15, 0.2) is 0 Å². The molecule has 0 saturated heterocycles. The van der Waals surface area contributed by atoms with Crippen molar-refractivity contribution in [2.24, 2.45) is 5.92 Å². The van der Waals surface area contributed by atoms with Crippen LogP contribution >= 0.6 is 0 Å². The summed E-state index contributed by atoms with van der Waals surface area (Å²) in [5, 5.41) is 3.64. The molecule has 1 fully saturated rings. The standard InChI is InChI=1S/C16H27N3O/c1-4-9-17-16(13-6-7-13)14-8-10-19(11-14)12-15(20)18(3)5-2/h8,10-11,13,16-17H,4-7,9,12H2,1-3H3. The van der Waals surface area contributed by atoms with E-state index in [1.54, 1.807) is 4.90 Å². The summed E-state index contributed by atoms with van der Waals surface area (Å²) in [5.74, 6) is 0.950. The van der Waals surface area contributed by atoms with Gasteiger partial charge in [-0.05, 0) is 50.3 Å². The van der Waals surface area contributed by atoms with Crippen LogP contribution in [0.5, 0.6) is 0 Å². The van der Waals surface area contributed by atoms with Gasteiger partial charge in [-0.1, -0.05) is 6.92 Å². The van der Waals surface area contributed by atoms with E-state index in [0.29, 0.717) is 12.6 Å². The number of carbonyl (C=O) groups excluding carboxylic acids is 1. The number of likely N-dealkylation sites (N-methyl/N-ethyl adjacent to an activating group) is 1. The summed E-state index contributed by atoms with van der Waals surface area (Å²) in [6, 6.07) is 2.63. The molecule has 1 atom stereocenters. The van der Waals surface area contributed by atoms with Gasteiger partial charge in [-0.15, -0.1) is 0 Å². The molecular weight excluding hydrogens is 250 g/mol. The maximum atomic E-state index is 11.9. The van der Waals surface area contributed by atoms with Crippen LogP contribution in [0.1, 0.15) is 44.7 Å². The SMILES string of the molecule is CCCNC(c1ccn(CC(=O)N(C)CC)c1)C1CC1. The van der Waals surface area contributed by atoms with Gasteiger partial charge >= 0.3 is 0 Å². The summed E-state index contributed by atoms with van der Waals surface area (Å²) in [6.07, 6.45) is 7.96. The van der Waals surface area contributed by atoms with Crippen molar-refractivity contribution in [3.63, 3.8) is 0 Å². The minimum Gasteiger partial charge on any atom is -0.345 e. The topological polar surface area (TPSA) is 37.3 Å². The summed E-state index contributed by atoms with van der Waals surface area (Å²) in [7, 11) is 1.85. The average molecular weight is 277 g/mol. The Morgan fingerprint density at radius 1 is 1.50 bits per heavy atom. The molecule has 1 aromatic rings. The fraction of sp³-hybridized carbons (Fsp3) is 0.688. The van der Waals surface area contributed by atoms with Gasteiger partial charge in [0, 0.05) is 32.0 Å². The minimum absolute atomic E-state index is 0.166. The summed E-state index contributed by atoms with van der Waals surface area (Å²) in [6.45, 7) is 6.45. The predicted molar refractivity (Wildman–Crippen MR) is 81.5 cm³/mol. The lowest BCUT2D eigenvalue weighted by molar-refractivity contribution is -0.130. The second-order valence-electron chi connectivity index (χ2n) is 5.79. The predicted octanol–water partition coefficient (Wildman–Crippen LogP) is 2.42. The summed E-state index contributed by atoms with van der Waals surface area (Å²) in [5.41, 5.74) is 1.33. The Labute approximate surface area is 122 Å². The zero-order valence-electron chi connectivity index (χ0n) is 12.9. The van der Waals surface area contributed by atoms with Crippen LogP contribution in [0.2, 0.25) is 0 Å². The highest BCUT2D eigenvalue weighted by atomic mass is 16.2. The lowest BCUT2D eigenvalue weighted by atomic mass is 10.1. The molecule has 112 valence electrons. The van der Waals surface area contributed by atoms with Crippen molar-refractivity contribution in [2.45, 2.75) is 45.7 Å². The Morgan fingerprint density at radius 2 is 2.25 bits per heavy atom. The van der Waals surface area contributed by atoms with E-state index in [1.165, 1.54) is 18.4 Å². The zero-order valence-corrected chi connectivity index (χ0v) is 12.9. The van der Waals surface area contributed by atoms with E-state index in [-0.39, 0.29) is 5.91 Å². The number of nitrogens with one attached hydrogen (secondary N) is 1. The van der Waals surface area contributed by atoms with Crippen molar-refractivity contribution in [1.29, 1.82) is 0 Å². The molecule has 20 heavy (non-hydrogen) atoms. The van der Waals surface area contributed by atoms with Crippen molar-refractivity contribution in [1.82, 2.24) is 14.8 Å². The van der Waals surface area contributed by atoms with Crippen LogP contribution in [0.25, 0.3) is 0 Å². The van der Waals surface area contributed by atoms with Gasteiger partial charge in [-0.2, -0.15) is 0 Å². The van der Waals surface area contributed by atoms with E-state index in [9.17, 15) is 4.79 Å². The van der Waals surface area contributed by atoms with Crippen molar-refractivity contribution in [3.05, 3.63) is 24.0 Å². The highest BCUT2D eigenvalue weighted by Gasteiger charge is 2.32. The molecule has 0 aromatic carbocycles. The fourth-order valence-electron chi connectivity index (χ4n) is 2.48. The van der Waals surface area contributed by atoms with Gasteiger partial charge in [-0.3, -0.25) is 4.79 Å². The molecule has 1 aliphatic rings. The van der Waals surface area contributed by atoms with Crippen LogP contribution < -0.4 is 5.32 Å². The first kappa shape index (κ1) is 15.1. The lowest BCUT2D eigenvalue weighted by Gasteiger charge is -2.17. The number of hydrogen-bond acceptors (Lipinski definition) is 2. The normalized spacial score (nSPS) is 16.1. The first-order valence-electron chi connectivity index (χ1n) is 7.78. The number of aromatic nitrogens is 1. The maximum absolute atomic E-state index is 11.9. The minimum atomic E-state index is 0.166. The van der Waals surface area contributed by atoms with Crippen LogP contribution in [0.4, 0.5) is 0 Å². The van der Waals surface area contributed by atoms with Gasteiger partial charge in [0.25, 0.3) is 0 Å². The molecule has 2 rings (SSSR count). The molecule has 0 bridgehead atoms. The molecular formula is C16H27N3O. The van der Waals surface area contributed by atoms with Crippen LogP contribution in [-0.2, 0) is 11.3 Å². The average Bonchev–Trinajstić information content (AvgIpc) is 3.18. The number of hydrogen-bond donors (Lipinski definition) is 1. The number of carbonyl (C=O) groups is 1. The molecule has 0 radical (unpaired) electrons. The Hall–Kier alpha value is -1.29. The van der Waals surface area contributed by atoms with E-state index < -0.39 is 0 Å². The largest absolute Gasteiger partial charge is 0.345 e. The number of amides is 1. The third kappa shape index (κ3) is 3.85. The van der Waals surface area contributed by atoms with E-state index in [2.05, 4.69) is 24.5 Å². The van der Waals surface area contributed by atoms with E-state index in [1.807, 2.05) is 24.7 Å².